The maximum atomic E-state index is 13.1. The minimum atomic E-state index is -0.305. The zero-order valence-electron chi connectivity index (χ0n) is 17.2. The van der Waals surface area contributed by atoms with Crippen molar-refractivity contribution in [2.24, 2.45) is 0 Å². The number of carbonyl (C=O) groups excluding carboxylic acids is 2. The van der Waals surface area contributed by atoms with E-state index >= 15 is 0 Å². The number of rotatable bonds is 5. The van der Waals surface area contributed by atoms with Crippen LogP contribution in [0.2, 0.25) is 0 Å². The fourth-order valence-electron chi connectivity index (χ4n) is 4.74. The Bertz CT molecular complexity index is 715. The van der Waals surface area contributed by atoms with E-state index in [-0.39, 0.29) is 30.0 Å². The molecule has 0 saturated carbocycles. The molecule has 7 nitrogen and oxygen atoms in total. The molecule has 2 aliphatic rings. The van der Waals surface area contributed by atoms with E-state index < -0.39 is 0 Å². The molecule has 0 bridgehead atoms. The van der Waals surface area contributed by atoms with Crippen molar-refractivity contribution in [2.75, 3.05) is 33.9 Å². The Labute approximate surface area is 166 Å². The Morgan fingerprint density at radius 2 is 1.82 bits per heavy atom. The summed E-state index contributed by atoms with van der Waals surface area (Å²) in [6, 6.07) is 5.37. The van der Waals surface area contributed by atoms with E-state index in [1.54, 1.807) is 39.3 Å². The molecule has 0 aliphatic carbocycles. The van der Waals surface area contributed by atoms with Crippen LogP contribution in [0.15, 0.2) is 18.2 Å². The van der Waals surface area contributed by atoms with Gasteiger partial charge in [0, 0.05) is 20.0 Å². The summed E-state index contributed by atoms with van der Waals surface area (Å²) in [6.07, 6.45) is 3.61. The molecule has 2 fully saturated rings. The SMILES string of the molecule is COc1cccc(OC)c1OCC(=O)N1CCC[C@@]2(C)[C@@H]1CCCN2C(C)=O. The maximum absolute atomic E-state index is 13.1. The number of methoxy groups -OCH3 is 2. The number of amides is 2. The standard InChI is InChI=1S/C21H30N2O5/c1-15(24)23-13-6-10-18-21(23,2)11-7-12-22(18)19(25)14-28-20-16(26-3)8-5-9-17(20)27-4/h5,8-9,18H,6-7,10-14H2,1-4H3/t18-,21-/m0/s1. The molecule has 2 amide bonds. The van der Waals surface area contributed by atoms with E-state index in [1.807, 2.05) is 9.80 Å². The maximum Gasteiger partial charge on any atom is 0.260 e. The molecule has 2 atom stereocenters. The minimum absolute atomic E-state index is 0.0227. The van der Waals surface area contributed by atoms with E-state index in [4.69, 9.17) is 14.2 Å². The summed E-state index contributed by atoms with van der Waals surface area (Å²) < 4.78 is 16.5. The molecule has 1 aromatic carbocycles. The van der Waals surface area contributed by atoms with Crippen LogP contribution in [-0.2, 0) is 9.59 Å². The van der Waals surface area contributed by atoms with E-state index in [2.05, 4.69) is 6.92 Å². The number of likely N-dealkylation sites (tertiary alicyclic amines) is 2. The van der Waals surface area contributed by atoms with E-state index in [0.717, 1.165) is 32.2 Å². The van der Waals surface area contributed by atoms with Crippen LogP contribution in [0.25, 0.3) is 0 Å². The first-order chi connectivity index (χ1) is 13.4. The Morgan fingerprint density at radius 1 is 1.14 bits per heavy atom. The molecule has 1 aromatic rings. The van der Waals surface area contributed by atoms with Crippen LogP contribution in [0.3, 0.4) is 0 Å². The second kappa shape index (κ2) is 8.29. The predicted octanol–water partition coefficient (Wildman–Crippen LogP) is 2.47. The highest BCUT2D eigenvalue weighted by molar-refractivity contribution is 5.79. The van der Waals surface area contributed by atoms with Crippen LogP contribution >= 0.6 is 0 Å². The topological polar surface area (TPSA) is 68.3 Å². The largest absolute Gasteiger partial charge is 0.493 e. The first kappa shape index (κ1) is 20.3. The smallest absolute Gasteiger partial charge is 0.260 e. The lowest BCUT2D eigenvalue weighted by Crippen LogP contribution is -2.68. The average molecular weight is 390 g/mol. The van der Waals surface area contributed by atoms with Crippen molar-refractivity contribution in [1.29, 1.82) is 0 Å². The second-order valence-corrected chi connectivity index (χ2v) is 7.66. The van der Waals surface area contributed by atoms with Crippen LogP contribution < -0.4 is 14.2 Å². The minimum Gasteiger partial charge on any atom is -0.493 e. The molecule has 7 heteroatoms. The molecule has 0 spiro atoms. The van der Waals surface area contributed by atoms with Gasteiger partial charge in [-0.1, -0.05) is 6.07 Å². The van der Waals surface area contributed by atoms with Crippen LogP contribution in [-0.4, -0.2) is 67.1 Å². The van der Waals surface area contributed by atoms with Crippen LogP contribution in [0.1, 0.15) is 39.5 Å². The summed E-state index contributed by atoms with van der Waals surface area (Å²) in [5, 5.41) is 0. The van der Waals surface area contributed by atoms with Crippen molar-refractivity contribution in [3.05, 3.63) is 18.2 Å². The third-order valence-electron chi connectivity index (χ3n) is 6.07. The van der Waals surface area contributed by atoms with Gasteiger partial charge in [0.25, 0.3) is 5.91 Å². The van der Waals surface area contributed by atoms with E-state index in [1.165, 1.54) is 0 Å². The molecule has 154 valence electrons. The molecule has 2 saturated heterocycles. The molecule has 0 N–H and O–H groups in total. The Hall–Kier alpha value is -2.44. The van der Waals surface area contributed by atoms with Crippen LogP contribution in [0.5, 0.6) is 17.2 Å². The zero-order chi connectivity index (χ0) is 20.3. The summed E-state index contributed by atoms with van der Waals surface area (Å²) in [4.78, 5) is 29.1. The quantitative estimate of drug-likeness (QED) is 0.773. The van der Waals surface area contributed by atoms with Gasteiger partial charge in [0.2, 0.25) is 11.7 Å². The number of hydrogen-bond acceptors (Lipinski definition) is 5. The van der Waals surface area contributed by atoms with E-state index in [9.17, 15) is 9.59 Å². The van der Waals surface area contributed by atoms with Gasteiger partial charge < -0.3 is 24.0 Å². The number of para-hydroxylation sites is 1. The summed E-state index contributed by atoms with van der Waals surface area (Å²) in [5.74, 6) is 1.48. The van der Waals surface area contributed by atoms with Gasteiger partial charge in [-0.3, -0.25) is 9.59 Å². The van der Waals surface area contributed by atoms with Crippen LogP contribution in [0.4, 0.5) is 0 Å². The number of nitrogens with zero attached hydrogens (tertiary/aromatic N) is 2. The first-order valence-corrected chi connectivity index (χ1v) is 9.84. The number of carbonyl (C=O) groups is 2. The lowest BCUT2D eigenvalue weighted by Gasteiger charge is -2.56. The highest BCUT2D eigenvalue weighted by Gasteiger charge is 2.49. The molecule has 2 heterocycles. The van der Waals surface area contributed by atoms with Crippen molar-refractivity contribution < 1.29 is 23.8 Å². The number of fused-ring (bicyclic) bond motifs is 1. The molecule has 3 rings (SSSR count). The predicted molar refractivity (Wildman–Crippen MR) is 105 cm³/mol. The van der Waals surface area contributed by atoms with Crippen molar-refractivity contribution in [2.45, 2.75) is 51.1 Å². The first-order valence-electron chi connectivity index (χ1n) is 9.84. The third-order valence-corrected chi connectivity index (χ3v) is 6.07. The molecular formula is C21H30N2O5. The fraction of sp³-hybridized carbons (Fsp3) is 0.619. The third kappa shape index (κ3) is 3.62. The zero-order valence-corrected chi connectivity index (χ0v) is 17.2. The average Bonchev–Trinajstić information content (AvgIpc) is 2.69. The normalized spacial score (nSPS) is 24.4. The number of piperidine rings is 2. The van der Waals surface area contributed by atoms with Gasteiger partial charge in [0.15, 0.2) is 18.1 Å². The Morgan fingerprint density at radius 3 is 2.43 bits per heavy atom. The summed E-state index contributed by atoms with van der Waals surface area (Å²) >= 11 is 0. The van der Waals surface area contributed by atoms with Gasteiger partial charge in [0.05, 0.1) is 25.8 Å². The number of hydrogen-bond donors (Lipinski definition) is 0. The number of ether oxygens (including phenoxy) is 3. The number of benzene rings is 1. The summed E-state index contributed by atoms with van der Waals surface area (Å²) in [7, 11) is 3.11. The van der Waals surface area contributed by atoms with Gasteiger partial charge in [0.1, 0.15) is 0 Å². The van der Waals surface area contributed by atoms with Crippen molar-refractivity contribution in [1.82, 2.24) is 9.80 Å². The summed E-state index contributed by atoms with van der Waals surface area (Å²) in [5.41, 5.74) is -0.305. The molecule has 0 unspecified atom stereocenters. The molecule has 28 heavy (non-hydrogen) atoms. The molecule has 2 aliphatic heterocycles. The van der Waals surface area contributed by atoms with Gasteiger partial charge in [-0.2, -0.15) is 0 Å². The van der Waals surface area contributed by atoms with Crippen molar-refractivity contribution >= 4 is 11.8 Å². The van der Waals surface area contributed by atoms with Crippen molar-refractivity contribution in [3.8, 4) is 17.2 Å². The fourth-order valence-corrected chi connectivity index (χ4v) is 4.74. The van der Waals surface area contributed by atoms with E-state index in [0.29, 0.717) is 23.8 Å². The monoisotopic (exact) mass is 390 g/mol. The Balaban J connectivity index is 1.75. The van der Waals surface area contributed by atoms with Gasteiger partial charge in [-0.05, 0) is 44.7 Å². The second-order valence-electron chi connectivity index (χ2n) is 7.66. The van der Waals surface area contributed by atoms with Gasteiger partial charge in [-0.25, -0.2) is 0 Å². The van der Waals surface area contributed by atoms with Gasteiger partial charge in [-0.15, -0.1) is 0 Å². The molecule has 0 radical (unpaired) electrons. The Kier molecular flexibility index (Phi) is 6.01. The highest BCUT2D eigenvalue weighted by Crippen LogP contribution is 2.40. The molecular weight excluding hydrogens is 360 g/mol. The highest BCUT2D eigenvalue weighted by atomic mass is 16.5. The lowest BCUT2D eigenvalue weighted by molar-refractivity contribution is -0.155. The van der Waals surface area contributed by atoms with Crippen LogP contribution in [0, 0.1) is 0 Å². The summed E-state index contributed by atoms with van der Waals surface area (Å²) in [6.45, 7) is 5.09. The van der Waals surface area contributed by atoms with Gasteiger partial charge >= 0.3 is 0 Å². The molecule has 0 aromatic heterocycles. The lowest BCUT2D eigenvalue weighted by atomic mass is 9.76. The van der Waals surface area contributed by atoms with Crippen molar-refractivity contribution in [3.63, 3.8) is 0 Å².